The lowest BCUT2D eigenvalue weighted by Crippen LogP contribution is -2.31. The van der Waals surface area contributed by atoms with Crippen LogP contribution in [0.25, 0.3) is 0 Å². The summed E-state index contributed by atoms with van der Waals surface area (Å²) in [5, 5.41) is 17.8. The topological polar surface area (TPSA) is 110 Å². The number of hydrogen-bond donors (Lipinski definition) is 2. The van der Waals surface area contributed by atoms with Crippen molar-refractivity contribution in [1.29, 1.82) is 0 Å². The molecule has 2 atom stereocenters. The Labute approximate surface area is 133 Å². The number of carbonyl (C=O) groups is 3. The highest BCUT2D eigenvalue weighted by atomic mass is 16.6. The number of hydrogen-bond acceptors (Lipinski definition) is 6. The van der Waals surface area contributed by atoms with Gasteiger partial charge in [0.1, 0.15) is 5.60 Å². The van der Waals surface area contributed by atoms with Crippen LogP contribution in [0.1, 0.15) is 38.9 Å². The molecule has 7 heteroatoms. The molecule has 0 heterocycles. The van der Waals surface area contributed by atoms with Crippen molar-refractivity contribution in [2.75, 3.05) is 0 Å². The molecule has 1 aromatic rings. The fourth-order valence-corrected chi connectivity index (χ4v) is 1.66. The van der Waals surface area contributed by atoms with Gasteiger partial charge in [0.25, 0.3) is 0 Å². The third kappa shape index (κ3) is 6.48. The molecular formula is C16H20O7. The number of ether oxygens (including phenoxy) is 2. The zero-order valence-electron chi connectivity index (χ0n) is 13.2. The third-order valence-corrected chi connectivity index (χ3v) is 2.62. The van der Waals surface area contributed by atoms with Gasteiger partial charge in [-0.15, -0.1) is 0 Å². The van der Waals surface area contributed by atoms with Gasteiger partial charge in [-0.3, -0.25) is 4.79 Å². The Hall–Kier alpha value is -2.41. The molecule has 0 aliphatic rings. The van der Waals surface area contributed by atoms with Crippen molar-refractivity contribution in [2.24, 2.45) is 0 Å². The van der Waals surface area contributed by atoms with E-state index in [1.165, 1.54) is 0 Å². The highest BCUT2D eigenvalue weighted by Crippen LogP contribution is 2.23. The molecule has 0 aliphatic heterocycles. The van der Waals surface area contributed by atoms with E-state index in [2.05, 4.69) is 0 Å². The number of carboxylic acid groups (broad SMARTS) is 1. The smallest absolute Gasteiger partial charge is 0.352 e. The first-order valence-electron chi connectivity index (χ1n) is 6.98. The van der Waals surface area contributed by atoms with E-state index in [-0.39, 0.29) is 0 Å². The molecule has 2 unspecified atom stereocenters. The maximum absolute atomic E-state index is 12.2. The minimum Gasteiger partial charge on any atom is -0.479 e. The maximum Gasteiger partial charge on any atom is 0.352 e. The quantitative estimate of drug-likeness (QED) is 0.762. The van der Waals surface area contributed by atoms with Crippen molar-refractivity contribution >= 4 is 17.9 Å². The second-order valence-electron chi connectivity index (χ2n) is 5.87. The zero-order chi connectivity index (χ0) is 17.6. The summed E-state index contributed by atoms with van der Waals surface area (Å²) < 4.78 is 10.2. The fraction of sp³-hybridized carbons (Fsp3) is 0.438. The Kier molecular flexibility index (Phi) is 6.27. The van der Waals surface area contributed by atoms with Crippen LogP contribution in [0.2, 0.25) is 0 Å². The van der Waals surface area contributed by atoms with Gasteiger partial charge in [0.05, 0.1) is 6.42 Å². The van der Waals surface area contributed by atoms with E-state index in [1.54, 1.807) is 51.1 Å². The Balaban J connectivity index is 2.90. The summed E-state index contributed by atoms with van der Waals surface area (Å²) >= 11 is 0. The monoisotopic (exact) mass is 324 g/mol. The molecule has 1 rings (SSSR count). The van der Waals surface area contributed by atoms with Crippen molar-refractivity contribution in [3.8, 4) is 0 Å². The largest absolute Gasteiger partial charge is 0.479 e. The average Bonchev–Trinajstić information content (AvgIpc) is 2.43. The first kappa shape index (κ1) is 18.6. The molecular weight excluding hydrogens is 304 g/mol. The van der Waals surface area contributed by atoms with Crippen LogP contribution in [0.15, 0.2) is 30.3 Å². The number of esters is 2. The number of aliphatic carboxylic acids is 1. The van der Waals surface area contributed by atoms with Gasteiger partial charge in [0.2, 0.25) is 6.10 Å². The standard InChI is InChI=1S/C16H20O7/c1-16(2,3)23-15(21)13(10-7-5-4-6-8-10)22-12(18)9-11(17)14(19)20/h4-8,11,13,17H,9H2,1-3H3,(H,19,20). The van der Waals surface area contributed by atoms with Crippen LogP contribution in [0.3, 0.4) is 0 Å². The minimum absolute atomic E-state index is 0.389. The van der Waals surface area contributed by atoms with Gasteiger partial charge in [0.15, 0.2) is 6.10 Å². The molecule has 0 saturated heterocycles. The molecule has 0 saturated carbocycles. The first-order valence-corrected chi connectivity index (χ1v) is 6.98. The van der Waals surface area contributed by atoms with E-state index in [9.17, 15) is 19.5 Å². The summed E-state index contributed by atoms with van der Waals surface area (Å²) in [6, 6.07) is 8.20. The van der Waals surface area contributed by atoms with Gasteiger partial charge in [-0.05, 0) is 20.8 Å². The molecule has 0 aliphatic carbocycles. The van der Waals surface area contributed by atoms with E-state index < -0.39 is 42.1 Å². The molecule has 0 fully saturated rings. The van der Waals surface area contributed by atoms with Crippen molar-refractivity contribution in [3.05, 3.63) is 35.9 Å². The molecule has 0 spiro atoms. The molecule has 1 aromatic carbocycles. The van der Waals surface area contributed by atoms with Crippen molar-refractivity contribution in [2.45, 2.75) is 45.0 Å². The molecule has 0 bridgehead atoms. The Morgan fingerprint density at radius 1 is 1.13 bits per heavy atom. The van der Waals surface area contributed by atoms with Crippen LogP contribution < -0.4 is 0 Å². The second-order valence-corrected chi connectivity index (χ2v) is 5.87. The molecule has 0 radical (unpaired) electrons. The van der Waals surface area contributed by atoms with Crippen LogP contribution in [-0.4, -0.2) is 39.8 Å². The van der Waals surface area contributed by atoms with Crippen molar-refractivity contribution < 1.29 is 34.1 Å². The fourth-order valence-electron chi connectivity index (χ4n) is 1.66. The highest BCUT2D eigenvalue weighted by Gasteiger charge is 2.31. The van der Waals surface area contributed by atoms with Crippen LogP contribution >= 0.6 is 0 Å². The molecule has 23 heavy (non-hydrogen) atoms. The summed E-state index contributed by atoms with van der Waals surface area (Å²) in [6.45, 7) is 5.01. The average molecular weight is 324 g/mol. The zero-order valence-corrected chi connectivity index (χ0v) is 13.2. The lowest BCUT2D eigenvalue weighted by Gasteiger charge is -2.24. The lowest BCUT2D eigenvalue weighted by molar-refractivity contribution is -0.178. The van der Waals surface area contributed by atoms with Gasteiger partial charge in [0, 0.05) is 5.56 Å². The molecule has 0 amide bonds. The number of benzene rings is 1. The van der Waals surface area contributed by atoms with Crippen LogP contribution in [0, 0.1) is 0 Å². The molecule has 7 nitrogen and oxygen atoms in total. The number of carbonyl (C=O) groups excluding carboxylic acids is 2. The van der Waals surface area contributed by atoms with Crippen LogP contribution in [-0.2, 0) is 23.9 Å². The Bertz CT molecular complexity index is 560. The SMILES string of the molecule is CC(C)(C)OC(=O)C(OC(=O)CC(O)C(=O)O)c1ccccc1. The lowest BCUT2D eigenvalue weighted by atomic mass is 10.1. The van der Waals surface area contributed by atoms with Gasteiger partial charge in [-0.1, -0.05) is 30.3 Å². The van der Waals surface area contributed by atoms with Gasteiger partial charge in [-0.2, -0.15) is 0 Å². The van der Waals surface area contributed by atoms with E-state index in [0.717, 1.165) is 0 Å². The normalized spacial score (nSPS) is 13.7. The number of aliphatic hydroxyl groups is 1. The first-order chi connectivity index (χ1) is 10.6. The van der Waals surface area contributed by atoms with E-state index in [4.69, 9.17) is 14.6 Å². The number of rotatable bonds is 6. The van der Waals surface area contributed by atoms with Gasteiger partial charge >= 0.3 is 17.9 Å². The predicted octanol–water partition coefficient (Wildman–Crippen LogP) is 1.45. The van der Waals surface area contributed by atoms with E-state index in [0.29, 0.717) is 5.56 Å². The predicted molar refractivity (Wildman–Crippen MR) is 79.4 cm³/mol. The summed E-state index contributed by atoms with van der Waals surface area (Å²) in [5.74, 6) is -3.34. The minimum atomic E-state index is -1.89. The number of aliphatic hydroxyl groups excluding tert-OH is 1. The second kappa shape index (κ2) is 7.73. The van der Waals surface area contributed by atoms with E-state index >= 15 is 0 Å². The van der Waals surface area contributed by atoms with Crippen LogP contribution in [0.4, 0.5) is 0 Å². The summed E-state index contributed by atoms with van der Waals surface area (Å²) in [6.07, 6.45) is -3.98. The summed E-state index contributed by atoms with van der Waals surface area (Å²) in [7, 11) is 0. The molecule has 126 valence electrons. The summed E-state index contributed by atoms with van der Waals surface area (Å²) in [5.41, 5.74) is -0.392. The van der Waals surface area contributed by atoms with Gasteiger partial charge in [-0.25, -0.2) is 9.59 Å². The summed E-state index contributed by atoms with van der Waals surface area (Å²) in [4.78, 5) is 34.6. The molecule has 2 N–H and O–H groups in total. The van der Waals surface area contributed by atoms with Crippen molar-refractivity contribution in [3.63, 3.8) is 0 Å². The van der Waals surface area contributed by atoms with Crippen LogP contribution in [0.5, 0.6) is 0 Å². The molecule has 0 aromatic heterocycles. The van der Waals surface area contributed by atoms with Gasteiger partial charge < -0.3 is 19.7 Å². The highest BCUT2D eigenvalue weighted by molar-refractivity contribution is 5.84. The Morgan fingerprint density at radius 2 is 1.70 bits per heavy atom. The number of carboxylic acids is 1. The maximum atomic E-state index is 12.2. The third-order valence-electron chi connectivity index (χ3n) is 2.62. The van der Waals surface area contributed by atoms with E-state index in [1.807, 2.05) is 0 Å². The Morgan fingerprint density at radius 3 is 2.17 bits per heavy atom. The van der Waals surface area contributed by atoms with Crippen molar-refractivity contribution in [1.82, 2.24) is 0 Å².